The molecule has 0 aliphatic carbocycles. The van der Waals surface area contributed by atoms with E-state index in [-0.39, 0.29) is 5.91 Å². The third-order valence-electron chi connectivity index (χ3n) is 5.19. The van der Waals surface area contributed by atoms with Crippen molar-refractivity contribution in [2.45, 2.75) is 25.0 Å². The average molecular weight is 287 g/mol. The maximum atomic E-state index is 11.9. The third kappa shape index (κ3) is 1.95. The average Bonchev–Trinajstić information content (AvgIpc) is 3.06. The van der Waals surface area contributed by atoms with Crippen molar-refractivity contribution >= 4 is 17.3 Å². The molecule has 2 unspecified atom stereocenters. The molecule has 21 heavy (non-hydrogen) atoms. The van der Waals surface area contributed by atoms with Gasteiger partial charge in [-0.3, -0.25) is 9.69 Å². The lowest BCUT2D eigenvalue weighted by Gasteiger charge is -2.39. The second kappa shape index (κ2) is 4.71. The number of hydrogen-bond donors (Lipinski definition) is 1. The van der Waals surface area contributed by atoms with Crippen LogP contribution in [0, 0.1) is 0 Å². The van der Waals surface area contributed by atoms with Gasteiger partial charge in [0.1, 0.15) is 0 Å². The number of nitrogens with zero attached hydrogens (tertiary/aromatic N) is 3. The maximum Gasteiger partial charge on any atom is 0.260 e. The van der Waals surface area contributed by atoms with E-state index in [0.717, 1.165) is 36.6 Å². The molecule has 3 aliphatic heterocycles. The zero-order valence-corrected chi connectivity index (χ0v) is 12.3. The minimum Gasteiger partial charge on any atom is -0.378 e. The number of rotatable bonds is 1. The topological polar surface area (TPSA) is 47.0 Å². The summed E-state index contributed by atoms with van der Waals surface area (Å²) in [5.41, 5.74) is 2.73. The van der Waals surface area contributed by atoms with E-state index < -0.39 is 6.10 Å². The van der Waals surface area contributed by atoms with Crippen molar-refractivity contribution in [2.24, 2.45) is 0 Å². The Morgan fingerprint density at radius 3 is 2.95 bits per heavy atom. The van der Waals surface area contributed by atoms with Gasteiger partial charge in [0, 0.05) is 44.0 Å². The molecule has 5 heteroatoms. The normalized spacial score (nSPS) is 29.0. The third-order valence-corrected chi connectivity index (χ3v) is 5.19. The maximum absolute atomic E-state index is 11.9. The number of fused-ring (bicyclic) bond motifs is 2. The van der Waals surface area contributed by atoms with Gasteiger partial charge in [0.05, 0.1) is 5.69 Å². The number of carbonyl (C=O) groups excluding carboxylic acids is 1. The molecule has 1 amide bonds. The molecular formula is C16H21N3O2. The second-order valence-electron chi connectivity index (χ2n) is 6.32. The quantitative estimate of drug-likeness (QED) is 0.836. The van der Waals surface area contributed by atoms with Gasteiger partial charge in [-0.15, -0.1) is 0 Å². The molecule has 0 radical (unpaired) electrons. The van der Waals surface area contributed by atoms with Gasteiger partial charge in [-0.05, 0) is 31.5 Å². The first-order valence-corrected chi connectivity index (χ1v) is 7.74. The number of piperazine rings is 1. The highest BCUT2D eigenvalue weighted by molar-refractivity contribution is 6.03. The number of aliphatic hydroxyl groups is 1. The first-order chi connectivity index (χ1) is 10.1. The lowest BCUT2D eigenvalue weighted by atomic mass is 10.1. The van der Waals surface area contributed by atoms with Crippen LogP contribution in [0.1, 0.15) is 24.5 Å². The molecule has 1 N–H and O–H groups in total. The molecule has 3 heterocycles. The standard InChI is InChI=1S/C16H21N3O2/c1-17-14-9-11(4-5-13(14)15(20)16(17)21)19-8-7-18-6-2-3-12(18)10-19/h4-5,9,12,15,20H,2-3,6-8,10H2,1H3. The SMILES string of the molecule is CN1C(=O)C(O)c2ccc(N3CCN4CCCC4C3)cc21. The Bertz CT molecular complexity index is 589. The van der Waals surface area contributed by atoms with Gasteiger partial charge in [-0.25, -0.2) is 0 Å². The largest absolute Gasteiger partial charge is 0.378 e. The summed E-state index contributed by atoms with van der Waals surface area (Å²) in [7, 11) is 1.73. The van der Waals surface area contributed by atoms with Crippen LogP contribution >= 0.6 is 0 Å². The molecule has 0 saturated carbocycles. The number of carbonyl (C=O) groups is 1. The van der Waals surface area contributed by atoms with Crippen molar-refractivity contribution in [2.75, 3.05) is 43.0 Å². The Labute approximate surface area is 124 Å². The van der Waals surface area contributed by atoms with Crippen LogP contribution in [-0.2, 0) is 4.79 Å². The molecule has 0 aromatic heterocycles. The second-order valence-corrected chi connectivity index (χ2v) is 6.32. The van der Waals surface area contributed by atoms with Crippen molar-refractivity contribution < 1.29 is 9.90 Å². The van der Waals surface area contributed by atoms with E-state index in [2.05, 4.69) is 9.80 Å². The molecule has 0 spiro atoms. The van der Waals surface area contributed by atoms with Crippen LogP contribution in [0.2, 0.25) is 0 Å². The summed E-state index contributed by atoms with van der Waals surface area (Å²) in [6.07, 6.45) is 1.61. The number of likely N-dealkylation sites (N-methyl/N-ethyl adjacent to an activating group) is 1. The monoisotopic (exact) mass is 287 g/mol. The smallest absolute Gasteiger partial charge is 0.260 e. The van der Waals surface area contributed by atoms with Crippen LogP contribution < -0.4 is 9.80 Å². The van der Waals surface area contributed by atoms with Crippen molar-refractivity contribution in [3.8, 4) is 0 Å². The Hall–Kier alpha value is -1.59. The molecule has 112 valence electrons. The number of benzene rings is 1. The summed E-state index contributed by atoms with van der Waals surface area (Å²) >= 11 is 0. The first kappa shape index (κ1) is 13.1. The minimum absolute atomic E-state index is 0.234. The Kier molecular flexibility index (Phi) is 2.94. The zero-order valence-electron chi connectivity index (χ0n) is 12.3. The summed E-state index contributed by atoms with van der Waals surface area (Å²) in [5.74, 6) is -0.234. The van der Waals surface area contributed by atoms with E-state index in [4.69, 9.17) is 0 Å². The van der Waals surface area contributed by atoms with Crippen molar-refractivity contribution in [1.82, 2.24) is 4.90 Å². The predicted octanol–water partition coefficient (Wildman–Crippen LogP) is 0.981. The number of aliphatic hydroxyl groups excluding tert-OH is 1. The van der Waals surface area contributed by atoms with Crippen LogP contribution in [-0.4, -0.2) is 55.2 Å². The predicted molar refractivity (Wildman–Crippen MR) is 81.6 cm³/mol. The fourth-order valence-corrected chi connectivity index (χ4v) is 3.91. The molecule has 1 aromatic rings. The van der Waals surface area contributed by atoms with Gasteiger partial charge in [0.15, 0.2) is 6.10 Å². The van der Waals surface area contributed by atoms with Crippen LogP contribution in [0.3, 0.4) is 0 Å². The fourth-order valence-electron chi connectivity index (χ4n) is 3.91. The highest BCUT2D eigenvalue weighted by atomic mass is 16.3. The Morgan fingerprint density at radius 1 is 1.24 bits per heavy atom. The van der Waals surface area contributed by atoms with E-state index in [1.807, 2.05) is 18.2 Å². The molecule has 0 bridgehead atoms. The number of hydrogen-bond acceptors (Lipinski definition) is 4. The first-order valence-electron chi connectivity index (χ1n) is 7.74. The van der Waals surface area contributed by atoms with E-state index in [1.54, 1.807) is 11.9 Å². The molecule has 4 rings (SSSR count). The van der Waals surface area contributed by atoms with Gasteiger partial charge in [-0.2, -0.15) is 0 Å². The zero-order chi connectivity index (χ0) is 14.6. The van der Waals surface area contributed by atoms with Crippen molar-refractivity contribution in [1.29, 1.82) is 0 Å². The van der Waals surface area contributed by atoms with E-state index in [0.29, 0.717) is 6.04 Å². The van der Waals surface area contributed by atoms with Crippen molar-refractivity contribution in [3.63, 3.8) is 0 Å². The molecular weight excluding hydrogens is 266 g/mol. The summed E-state index contributed by atoms with van der Waals surface area (Å²) in [6, 6.07) is 6.67. The van der Waals surface area contributed by atoms with Gasteiger partial charge >= 0.3 is 0 Å². The number of amides is 1. The summed E-state index contributed by atoms with van der Waals surface area (Å²) in [6.45, 7) is 4.47. The van der Waals surface area contributed by atoms with Gasteiger partial charge in [0.2, 0.25) is 0 Å². The summed E-state index contributed by atoms with van der Waals surface area (Å²) in [5, 5.41) is 9.93. The molecule has 5 nitrogen and oxygen atoms in total. The Morgan fingerprint density at radius 2 is 2.10 bits per heavy atom. The fraction of sp³-hybridized carbons (Fsp3) is 0.562. The van der Waals surface area contributed by atoms with Gasteiger partial charge in [-0.1, -0.05) is 6.07 Å². The summed E-state index contributed by atoms with van der Waals surface area (Å²) < 4.78 is 0. The highest BCUT2D eigenvalue weighted by Crippen LogP contribution is 2.38. The van der Waals surface area contributed by atoms with E-state index in [9.17, 15) is 9.90 Å². The van der Waals surface area contributed by atoms with E-state index in [1.165, 1.54) is 19.4 Å². The van der Waals surface area contributed by atoms with Crippen molar-refractivity contribution in [3.05, 3.63) is 23.8 Å². The lowest BCUT2D eigenvalue weighted by Crippen LogP contribution is -2.50. The number of anilines is 2. The molecule has 2 fully saturated rings. The molecule has 3 aliphatic rings. The minimum atomic E-state index is -0.995. The molecule has 2 atom stereocenters. The molecule has 1 aromatic carbocycles. The van der Waals surface area contributed by atoms with Crippen LogP contribution in [0.4, 0.5) is 11.4 Å². The van der Waals surface area contributed by atoms with E-state index >= 15 is 0 Å². The lowest BCUT2D eigenvalue weighted by molar-refractivity contribution is -0.125. The highest BCUT2D eigenvalue weighted by Gasteiger charge is 2.35. The van der Waals surface area contributed by atoms with Crippen LogP contribution in [0.15, 0.2) is 18.2 Å². The Balaban J connectivity index is 1.61. The van der Waals surface area contributed by atoms with Crippen LogP contribution in [0.5, 0.6) is 0 Å². The van der Waals surface area contributed by atoms with Crippen LogP contribution in [0.25, 0.3) is 0 Å². The summed E-state index contributed by atoms with van der Waals surface area (Å²) in [4.78, 5) is 18.4. The van der Waals surface area contributed by atoms with Gasteiger partial charge < -0.3 is 14.9 Å². The van der Waals surface area contributed by atoms with Gasteiger partial charge in [0.25, 0.3) is 5.91 Å². The molecule has 2 saturated heterocycles.